The van der Waals surface area contributed by atoms with E-state index < -0.39 is 10.0 Å². The number of anilines is 3. The molecular formula is C14H14N3O5S-. The van der Waals surface area contributed by atoms with E-state index in [9.17, 15) is 18.4 Å². The van der Waals surface area contributed by atoms with Crippen LogP contribution in [0.4, 0.5) is 17.1 Å². The van der Waals surface area contributed by atoms with Crippen LogP contribution in [0.2, 0.25) is 0 Å². The number of carbonyl (C=O) groups is 1. The van der Waals surface area contributed by atoms with Crippen molar-refractivity contribution in [3.05, 3.63) is 53.7 Å². The molecule has 1 amide bonds. The summed E-state index contributed by atoms with van der Waals surface area (Å²) in [5.41, 5.74) is 0.702. The van der Waals surface area contributed by atoms with Gasteiger partial charge in [0.25, 0.3) is 10.0 Å². The minimum atomic E-state index is -3.81. The number of amides is 1. The molecule has 0 radical (unpaired) electrons. The Kier molecular flexibility index (Phi) is 4.84. The number of carbonyl (C=O) groups excluding carboxylic acids is 1. The monoisotopic (exact) mass is 336 g/mol. The Morgan fingerprint density at radius 1 is 1.04 bits per heavy atom. The van der Waals surface area contributed by atoms with E-state index in [0.29, 0.717) is 5.69 Å². The Morgan fingerprint density at radius 2 is 1.57 bits per heavy atom. The third-order valence-electron chi connectivity index (χ3n) is 2.83. The molecule has 0 fully saturated rings. The molecule has 122 valence electrons. The van der Waals surface area contributed by atoms with Crippen LogP contribution in [-0.2, 0) is 14.8 Å². The smallest absolute Gasteiger partial charge is 0.261 e. The summed E-state index contributed by atoms with van der Waals surface area (Å²) < 4.78 is 26.8. The van der Waals surface area contributed by atoms with Gasteiger partial charge in [-0.05, 0) is 48.5 Å². The molecular weight excluding hydrogens is 322 g/mol. The van der Waals surface area contributed by atoms with Gasteiger partial charge in [0, 0.05) is 18.3 Å². The van der Waals surface area contributed by atoms with E-state index >= 15 is 0 Å². The van der Waals surface area contributed by atoms with Crippen molar-refractivity contribution in [1.29, 1.82) is 0 Å². The van der Waals surface area contributed by atoms with E-state index in [1.54, 1.807) is 0 Å². The first-order valence-corrected chi connectivity index (χ1v) is 7.93. The standard InChI is InChI=1S/C14H14N3O5S/c1-10(18)15-11-4-8-14(9-5-11)23(21,22)16-12-2-6-13(7-3-12)17(19)20/h2-9,16,19H,1H3,(H,15,18)/q-1. The molecule has 0 saturated carbocycles. The lowest BCUT2D eigenvalue weighted by atomic mass is 10.3. The highest BCUT2D eigenvalue weighted by Crippen LogP contribution is 2.20. The summed E-state index contributed by atoms with van der Waals surface area (Å²) in [4.78, 5) is 10.9. The molecule has 9 heteroatoms. The molecule has 0 aliphatic carbocycles. The number of hydrogen-bond donors (Lipinski definition) is 3. The zero-order valence-electron chi connectivity index (χ0n) is 12.1. The van der Waals surface area contributed by atoms with Crippen molar-refractivity contribution in [2.75, 3.05) is 15.3 Å². The zero-order chi connectivity index (χ0) is 17.0. The molecule has 0 unspecified atom stereocenters. The van der Waals surface area contributed by atoms with Gasteiger partial charge in [-0.15, -0.1) is 0 Å². The molecule has 0 atom stereocenters. The normalized spacial score (nSPS) is 10.9. The van der Waals surface area contributed by atoms with Crippen LogP contribution >= 0.6 is 0 Å². The van der Waals surface area contributed by atoms with E-state index in [4.69, 9.17) is 5.21 Å². The summed E-state index contributed by atoms with van der Waals surface area (Å²) in [7, 11) is -3.81. The van der Waals surface area contributed by atoms with Gasteiger partial charge in [-0.3, -0.25) is 14.7 Å². The fourth-order valence-electron chi connectivity index (χ4n) is 1.79. The van der Waals surface area contributed by atoms with Crippen LogP contribution in [0, 0.1) is 5.21 Å². The van der Waals surface area contributed by atoms with Crippen LogP contribution in [0.25, 0.3) is 0 Å². The summed E-state index contributed by atoms with van der Waals surface area (Å²) >= 11 is 0. The van der Waals surface area contributed by atoms with Crippen LogP contribution in [0.3, 0.4) is 0 Å². The van der Waals surface area contributed by atoms with Crippen LogP contribution in [0.5, 0.6) is 0 Å². The van der Waals surface area contributed by atoms with E-state index in [-0.39, 0.29) is 27.4 Å². The molecule has 0 aromatic heterocycles. The van der Waals surface area contributed by atoms with Gasteiger partial charge in [0.2, 0.25) is 5.91 Å². The second-order valence-corrected chi connectivity index (χ2v) is 6.31. The second kappa shape index (κ2) is 6.65. The number of sulfonamides is 1. The molecule has 0 bridgehead atoms. The van der Waals surface area contributed by atoms with Gasteiger partial charge in [-0.25, -0.2) is 8.42 Å². The SMILES string of the molecule is CC(=O)Nc1ccc(S(=O)(=O)Nc2ccc(N([O-])O)cc2)cc1. The summed E-state index contributed by atoms with van der Waals surface area (Å²) in [5, 5.41) is 21.6. The molecule has 8 nitrogen and oxygen atoms in total. The average Bonchev–Trinajstić information content (AvgIpc) is 2.47. The number of hydrogen-bond acceptors (Lipinski definition) is 6. The van der Waals surface area contributed by atoms with Gasteiger partial charge in [0.05, 0.1) is 10.6 Å². The maximum atomic E-state index is 12.2. The predicted octanol–water partition coefficient (Wildman–Crippen LogP) is 2.14. The summed E-state index contributed by atoms with van der Waals surface area (Å²) in [6.45, 7) is 1.35. The summed E-state index contributed by atoms with van der Waals surface area (Å²) in [6, 6.07) is 10.9. The lowest BCUT2D eigenvalue weighted by Gasteiger charge is -2.21. The molecule has 0 saturated heterocycles. The summed E-state index contributed by atoms with van der Waals surface area (Å²) in [6.07, 6.45) is 0. The lowest BCUT2D eigenvalue weighted by Crippen LogP contribution is -2.13. The lowest BCUT2D eigenvalue weighted by molar-refractivity contribution is -0.114. The first kappa shape index (κ1) is 16.7. The van der Waals surface area contributed by atoms with Crippen molar-refractivity contribution in [3.8, 4) is 0 Å². The quantitative estimate of drug-likeness (QED) is 0.719. The van der Waals surface area contributed by atoms with Gasteiger partial charge in [0.1, 0.15) is 0 Å². The van der Waals surface area contributed by atoms with Crippen LogP contribution in [0.1, 0.15) is 6.92 Å². The van der Waals surface area contributed by atoms with Gasteiger partial charge in [-0.1, -0.05) is 0 Å². The third-order valence-corrected chi connectivity index (χ3v) is 4.22. The van der Waals surface area contributed by atoms with Crippen molar-refractivity contribution in [2.45, 2.75) is 11.8 Å². The van der Waals surface area contributed by atoms with Gasteiger partial charge < -0.3 is 15.8 Å². The Labute approximate surface area is 132 Å². The minimum Gasteiger partial charge on any atom is -0.733 e. The second-order valence-electron chi connectivity index (χ2n) is 4.63. The fraction of sp³-hybridized carbons (Fsp3) is 0.0714. The van der Waals surface area contributed by atoms with Crippen LogP contribution in [0.15, 0.2) is 53.4 Å². The van der Waals surface area contributed by atoms with Gasteiger partial charge in [0.15, 0.2) is 0 Å². The Bertz CT molecular complexity index is 786. The highest BCUT2D eigenvalue weighted by molar-refractivity contribution is 7.92. The maximum Gasteiger partial charge on any atom is 0.261 e. The van der Waals surface area contributed by atoms with Crippen molar-refractivity contribution >= 4 is 33.0 Å². The largest absolute Gasteiger partial charge is 0.733 e. The van der Waals surface area contributed by atoms with Gasteiger partial charge in [-0.2, -0.15) is 0 Å². The topological polar surface area (TPSA) is 122 Å². The Hall–Kier alpha value is -2.62. The van der Waals surface area contributed by atoms with E-state index in [2.05, 4.69) is 10.0 Å². The average molecular weight is 336 g/mol. The van der Waals surface area contributed by atoms with E-state index in [1.807, 2.05) is 0 Å². The predicted molar refractivity (Wildman–Crippen MR) is 85.6 cm³/mol. The molecule has 2 rings (SSSR count). The molecule has 0 aliphatic rings. The number of nitrogens with one attached hydrogen (secondary N) is 2. The Balaban J connectivity index is 2.16. The van der Waals surface area contributed by atoms with Crippen molar-refractivity contribution in [3.63, 3.8) is 0 Å². The van der Waals surface area contributed by atoms with Crippen molar-refractivity contribution in [1.82, 2.24) is 0 Å². The highest BCUT2D eigenvalue weighted by Gasteiger charge is 2.14. The number of rotatable bonds is 5. The van der Waals surface area contributed by atoms with Crippen LogP contribution in [-0.4, -0.2) is 19.5 Å². The van der Waals surface area contributed by atoms with Crippen molar-refractivity contribution in [2.24, 2.45) is 0 Å². The molecule has 0 spiro atoms. The van der Waals surface area contributed by atoms with Crippen LogP contribution < -0.4 is 15.3 Å². The first-order valence-electron chi connectivity index (χ1n) is 6.44. The highest BCUT2D eigenvalue weighted by atomic mass is 32.2. The molecule has 23 heavy (non-hydrogen) atoms. The third kappa shape index (κ3) is 4.42. The maximum absolute atomic E-state index is 12.2. The van der Waals surface area contributed by atoms with E-state index in [0.717, 1.165) is 0 Å². The minimum absolute atomic E-state index is 0.0169. The Morgan fingerprint density at radius 3 is 2.04 bits per heavy atom. The fourth-order valence-corrected chi connectivity index (χ4v) is 2.85. The molecule has 0 aliphatic heterocycles. The zero-order valence-corrected chi connectivity index (χ0v) is 12.9. The van der Waals surface area contributed by atoms with E-state index in [1.165, 1.54) is 55.5 Å². The first-order chi connectivity index (χ1) is 10.8. The van der Waals surface area contributed by atoms with Gasteiger partial charge >= 0.3 is 0 Å². The summed E-state index contributed by atoms with van der Waals surface area (Å²) in [5.74, 6) is -0.255. The molecule has 0 heterocycles. The van der Waals surface area contributed by atoms with Crippen molar-refractivity contribution < 1.29 is 18.4 Å². The number of benzene rings is 2. The molecule has 2 aromatic rings. The molecule has 2 aromatic carbocycles. The molecule has 3 N–H and O–H groups in total. The number of nitrogens with zero attached hydrogens (tertiary/aromatic N) is 1.